The van der Waals surface area contributed by atoms with Crippen LogP contribution in [-0.4, -0.2) is 0 Å². The molecular weight excluding hydrogens is 114 g/mol. The van der Waals surface area contributed by atoms with Gasteiger partial charge in [0.15, 0.2) is 0 Å². The number of hydrogen-bond acceptors (Lipinski definition) is 2. The van der Waals surface area contributed by atoms with Crippen LogP contribution >= 0.6 is 0 Å². The highest BCUT2D eigenvalue weighted by atomic mass is 16.3. The van der Waals surface area contributed by atoms with Crippen LogP contribution in [0.15, 0.2) is 22.8 Å². The summed E-state index contributed by atoms with van der Waals surface area (Å²) in [6, 6.07) is 3.11. The van der Waals surface area contributed by atoms with E-state index in [1.807, 2.05) is 0 Å². The summed E-state index contributed by atoms with van der Waals surface area (Å²) in [7, 11) is 0. The Hall–Kier alpha value is -1.20. The smallest absolute Gasteiger partial charge is 0.132 e. The fraction of sp³-hybridized carbons (Fsp3) is 0.143. The zero-order valence-corrected chi connectivity index (χ0v) is 4.87. The van der Waals surface area contributed by atoms with Crippen LogP contribution < -0.4 is 5.73 Å². The highest BCUT2D eigenvalue weighted by Gasteiger charge is 2.01. The van der Waals surface area contributed by atoms with Gasteiger partial charge in [-0.3, -0.25) is 0 Å². The lowest BCUT2D eigenvalue weighted by Gasteiger charge is -1.95. The monoisotopic (exact) mass is 121 g/mol. The van der Waals surface area contributed by atoms with Crippen molar-refractivity contribution in [3.05, 3.63) is 24.2 Å². The molecule has 0 aromatic carbocycles. The summed E-state index contributed by atoms with van der Waals surface area (Å²) in [5.41, 5.74) is 5.41. The molecule has 0 aliphatic heterocycles. The summed E-state index contributed by atoms with van der Waals surface area (Å²) in [6.45, 7) is 0. The van der Waals surface area contributed by atoms with Crippen LogP contribution in [0.4, 0.5) is 0 Å². The average molecular weight is 121 g/mol. The Labute approximate surface area is 53.7 Å². The molecule has 1 aromatic rings. The van der Waals surface area contributed by atoms with Crippen LogP contribution in [-0.2, 0) is 0 Å². The fourth-order valence-electron chi connectivity index (χ4n) is 0.550. The van der Waals surface area contributed by atoms with Crippen LogP contribution in [0.3, 0.4) is 0 Å². The third-order valence-corrected chi connectivity index (χ3v) is 1.03. The van der Waals surface area contributed by atoms with Gasteiger partial charge in [0.25, 0.3) is 0 Å². The van der Waals surface area contributed by atoms with E-state index >= 15 is 0 Å². The lowest BCUT2D eigenvalue weighted by molar-refractivity contribution is 0.498. The number of furan rings is 1. The van der Waals surface area contributed by atoms with Crippen LogP contribution in [0.2, 0.25) is 0 Å². The van der Waals surface area contributed by atoms with Gasteiger partial charge in [-0.15, -0.1) is 6.42 Å². The molecular formula is C7H7NO. The maximum atomic E-state index is 5.41. The molecule has 0 amide bonds. The van der Waals surface area contributed by atoms with Gasteiger partial charge in [-0.05, 0) is 12.1 Å². The number of nitrogens with two attached hydrogens (primary N) is 1. The number of rotatable bonds is 1. The van der Waals surface area contributed by atoms with E-state index in [1.165, 1.54) is 0 Å². The molecule has 2 N–H and O–H groups in total. The van der Waals surface area contributed by atoms with Gasteiger partial charge in [0.2, 0.25) is 0 Å². The van der Waals surface area contributed by atoms with E-state index in [4.69, 9.17) is 16.6 Å². The maximum absolute atomic E-state index is 5.41. The Bertz CT molecular complexity index is 207. The highest BCUT2D eigenvalue weighted by molar-refractivity contribution is 5.13. The Morgan fingerprint density at radius 2 is 2.56 bits per heavy atom. The maximum Gasteiger partial charge on any atom is 0.132 e. The molecule has 46 valence electrons. The minimum Gasteiger partial charge on any atom is -0.467 e. The molecule has 0 aliphatic rings. The van der Waals surface area contributed by atoms with Gasteiger partial charge in [0, 0.05) is 0 Å². The van der Waals surface area contributed by atoms with Crippen molar-refractivity contribution in [2.75, 3.05) is 0 Å². The SMILES string of the molecule is C#C[C@@H](N)c1ccco1. The van der Waals surface area contributed by atoms with E-state index in [0.717, 1.165) is 0 Å². The number of hydrogen-bond donors (Lipinski definition) is 1. The molecule has 2 nitrogen and oxygen atoms in total. The van der Waals surface area contributed by atoms with Crippen molar-refractivity contribution in [2.24, 2.45) is 5.73 Å². The molecule has 1 rings (SSSR count). The second kappa shape index (κ2) is 2.38. The Morgan fingerprint density at radius 3 is 3.00 bits per heavy atom. The van der Waals surface area contributed by atoms with Crippen LogP contribution in [0.1, 0.15) is 11.8 Å². The first-order valence-corrected chi connectivity index (χ1v) is 2.59. The Morgan fingerprint density at radius 1 is 1.78 bits per heavy atom. The highest BCUT2D eigenvalue weighted by Crippen LogP contribution is 2.07. The molecule has 0 bridgehead atoms. The van der Waals surface area contributed by atoms with E-state index < -0.39 is 6.04 Å². The fourth-order valence-corrected chi connectivity index (χ4v) is 0.550. The minimum atomic E-state index is -0.403. The van der Waals surface area contributed by atoms with Gasteiger partial charge in [-0.25, -0.2) is 0 Å². The number of terminal acetylenes is 1. The van der Waals surface area contributed by atoms with Crippen LogP contribution in [0.5, 0.6) is 0 Å². The molecule has 1 aromatic heterocycles. The predicted octanol–water partition coefficient (Wildman–Crippen LogP) is 0.913. The third-order valence-electron chi connectivity index (χ3n) is 1.03. The summed E-state index contributed by atoms with van der Waals surface area (Å²) in [5, 5.41) is 0. The first-order valence-electron chi connectivity index (χ1n) is 2.59. The van der Waals surface area contributed by atoms with Gasteiger partial charge >= 0.3 is 0 Å². The molecule has 0 saturated carbocycles. The molecule has 0 fully saturated rings. The first kappa shape index (κ1) is 5.93. The van der Waals surface area contributed by atoms with Gasteiger partial charge in [0.1, 0.15) is 11.8 Å². The predicted molar refractivity (Wildman–Crippen MR) is 34.5 cm³/mol. The second-order valence-corrected chi connectivity index (χ2v) is 1.66. The van der Waals surface area contributed by atoms with E-state index in [0.29, 0.717) is 5.76 Å². The van der Waals surface area contributed by atoms with Crippen molar-refractivity contribution in [1.29, 1.82) is 0 Å². The Kier molecular flexibility index (Phi) is 1.57. The Balaban J connectivity index is 2.80. The summed E-state index contributed by atoms with van der Waals surface area (Å²) in [4.78, 5) is 0. The van der Waals surface area contributed by atoms with Gasteiger partial charge < -0.3 is 10.2 Å². The molecule has 9 heavy (non-hydrogen) atoms. The normalized spacial score (nSPS) is 12.4. The van der Waals surface area contributed by atoms with Crippen molar-refractivity contribution in [2.45, 2.75) is 6.04 Å². The van der Waals surface area contributed by atoms with Crippen LogP contribution in [0.25, 0.3) is 0 Å². The quantitative estimate of drug-likeness (QED) is 0.561. The molecule has 0 spiro atoms. The van der Waals surface area contributed by atoms with Crippen molar-refractivity contribution in [3.63, 3.8) is 0 Å². The topological polar surface area (TPSA) is 39.2 Å². The van der Waals surface area contributed by atoms with Gasteiger partial charge in [-0.2, -0.15) is 0 Å². The summed E-state index contributed by atoms with van der Waals surface area (Å²) in [6.07, 6.45) is 6.58. The lowest BCUT2D eigenvalue weighted by atomic mass is 10.2. The molecule has 1 atom stereocenters. The molecule has 0 radical (unpaired) electrons. The van der Waals surface area contributed by atoms with E-state index in [1.54, 1.807) is 18.4 Å². The average Bonchev–Trinajstić information content (AvgIpc) is 2.37. The summed E-state index contributed by atoms with van der Waals surface area (Å²) < 4.78 is 4.92. The zero-order chi connectivity index (χ0) is 6.69. The van der Waals surface area contributed by atoms with Crippen LogP contribution in [0, 0.1) is 12.3 Å². The largest absolute Gasteiger partial charge is 0.467 e. The third kappa shape index (κ3) is 1.13. The molecule has 0 aliphatic carbocycles. The minimum absolute atomic E-state index is 0.403. The van der Waals surface area contributed by atoms with E-state index in [2.05, 4.69) is 5.92 Å². The first-order chi connectivity index (χ1) is 4.34. The van der Waals surface area contributed by atoms with Crippen molar-refractivity contribution in [3.8, 4) is 12.3 Å². The van der Waals surface area contributed by atoms with Gasteiger partial charge in [-0.1, -0.05) is 5.92 Å². The van der Waals surface area contributed by atoms with Gasteiger partial charge in [0.05, 0.1) is 6.26 Å². The standard InChI is InChI=1S/C7H7NO/c1-2-6(8)7-4-3-5-9-7/h1,3-6H,8H2/t6-/m1/s1. The summed E-state index contributed by atoms with van der Waals surface area (Å²) >= 11 is 0. The molecule has 1 heterocycles. The molecule has 0 unspecified atom stereocenters. The second-order valence-electron chi connectivity index (χ2n) is 1.66. The summed E-state index contributed by atoms with van der Waals surface area (Å²) in [5.74, 6) is 2.99. The molecule has 2 heteroatoms. The zero-order valence-electron chi connectivity index (χ0n) is 4.87. The van der Waals surface area contributed by atoms with Crippen molar-refractivity contribution in [1.82, 2.24) is 0 Å². The lowest BCUT2D eigenvalue weighted by Crippen LogP contribution is -2.05. The molecule has 0 saturated heterocycles. The van der Waals surface area contributed by atoms with E-state index in [9.17, 15) is 0 Å². The van der Waals surface area contributed by atoms with Crippen molar-refractivity contribution < 1.29 is 4.42 Å². The van der Waals surface area contributed by atoms with Crippen molar-refractivity contribution >= 4 is 0 Å². The van der Waals surface area contributed by atoms with E-state index in [-0.39, 0.29) is 0 Å².